The Morgan fingerprint density at radius 1 is 1.67 bits per heavy atom. The Kier molecular flexibility index (Phi) is 12.2. The van der Waals surface area contributed by atoms with Gasteiger partial charge in [-0.05, 0) is 12.5 Å². The van der Waals surface area contributed by atoms with Crippen LogP contribution in [0.1, 0.15) is 6.42 Å². The number of carbonyl (C=O) groups is 1. The molecule has 46 valence electrons. The van der Waals surface area contributed by atoms with Gasteiger partial charge in [0.25, 0.3) is 0 Å². The summed E-state index contributed by atoms with van der Waals surface area (Å²) in [4.78, 5) is 9.59. The summed E-state index contributed by atoms with van der Waals surface area (Å²) in [6, 6.07) is 0. The molecular formula is C5H7KO3. The van der Waals surface area contributed by atoms with Gasteiger partial charge in [-0.2, -0.15) is 0 Å². The topological polar surface area (TPSA) is 60.4 Å². The molecular weight excluding hydrogens is 147 g/mol. The Balaban J connectivity index is 0. The van der Waals surface area contributed by atoms with Crippen molar-refractivity contribution < 1.29 is 66.4 Å². The third-order valence-electron chi connectivity index (χ3n) is 0.550. The minimum absolute atomic E-state index is 0. The standard InChI is InChI=1S/C5H8O3.K/c6-4-2-1-3-5(7)8;/h1,3,6H,2,4H2,(H,7,8);/q;+1/p-1/b3-1-;. The molecule has 0 fully saturated rings. The van der Waals surface area contributed by atoms with Crippen molar-refractivity contribution in [3.05, 3.63) is 12.2 Å². The zero-order valence-electron chi connectivity index (χ0n) is 5.33. The first-order chi connectivity index (χ1) is 3.77. The van der Waals surface area contributed by atoms with Gasteiger partial charge in [-0.15, -0.1) is 0 Å². The third kappa shape index (κ3) is 12.1. The van der Waals surface area contributed by atoms with Crippen LogP contribution in [0.5, 0.6) is 0 Å². The van der Waals surface area contributed by atoms with Crippen LogP contribution in [0.4, 0.5) is 0 Å². The number of carboxylic acid groups (broad SMARTS) is 1. The van der Waals surface area contributed by atoms with Crippen LogP contribution in [-0.4, -0.2) is 17.7 Å². The smallest absolute Gasteiger partial charge is 0.545 e. The minimum Gasteiger partial charge on any atom is -0.545 e. The van der Waals surface area contributed by atoms with Crippen molar-refractivity contribution in [3.63, 3.8) is 0 Å². The van der Waals surface area contributed by atoms with Crippen molar-refractivity contribution in [3.8, 4) is 0 Å². The number of rotatable bonds is 3. The van der Waals surface area contributed by atoms with Crippen LogP contribution >= 0.6 is 0 Å². The Labute approximate surface area is 96.2 Å². The number of aliphatic hydroxyl groups is 1. The van der Waals surface area contributed by atoms with E-state index in [4.69, 9.17) is 5.11 Å². The van der Waals surface area contributed by atoms with Gasteiger partial charge in [-0.1, -0.05) is 6.08 Å². The molecule has 1 N–H and O–H groups in total. The zero-order chi connectivity index (χ0) is 6.41. The predicted molar refractivity (Wildman–Crippen MR) is 25.8 cm³/mol. The fourth-order valence-electron chi connectivity index (χ4n) is 0.254. The summed E-state index contributed by atoms with van der Waals surface area (Å²) in [5, 5.41) is 17.7. The second-order valence-electron chi connectivity index (χ2n) is 1.23. The average Bonchev–Trinajstić information content (AvgIpc) is 1.66. The Hall–Kier alpha value is 0.806. The summed E-state index contributed by atoms with van der Waals surface area (Å²) < 4.78 is 0. The Morgan fingerprint density at radius 2 is 2.22 bits per heavy atom. The summed E-state index contributed by atoms with van der Waals surface area (Å²) in [5.41, 5.74) is 0. The molecule has 3 nitrogen and oxygen atoms in total. The maximum Gasteiger partial charge on any atom is 1.00 e. The van der Waals surface area contributed by atoms with Gasteiger partial charge in [0.2, 0.25) is 0 Å². The first-order valence-corrected chi connectivity index (χ1v) is 2.25. The van der Waals surface area contributed by atoms with E-state index in [9.17, 15) is 9.90 Å². The molecule has 4 heteroatoms. The van der Waals surface area contributed by atoms with Crippen LogP contribution < -0.4 is 56.5 Å². The number of hydrogen-bond donors (Lipinski definition) is 1. The van der Waals surface area contributed by atoms with Crippen molar-refractivity contribution in [2.24, 2.45) is 0 Å². The zero-order valence-corrected chi connectivity index (χ0v) is 8.46. The number of carbonyl (C=O) groups excluding carboxylic acids is 1. The molecule has 0 aliphatic carbocycles. The first-order valence-electron chi connectivity index (χ1n) is 2.25. The van der Waals surface area contributed by atoms with Gasteiger partial charge in [0.1, 0.15) is 0 Å². The van der Waals surface area contributed by atoms with Gasteiger partial charge >= 0.3 is 51.4 Å². The van der Waals surface area contributed by atoms with Crippen molar-refractivity contribution in [2.75, 3.05) is 6.61 Å². The molecule has 0 amide bonds. The van der Waals surface area contributed by atoms with Crippen molar-refractivity contribution in [2.45, 2.75) is 6.42 Å². The minimum atomic E-state index is -1.22. The average molecular weight is 154 g/mol. The van der Waals surface area contributed by atoms with E-state index in [1.54, 1.807) is 0 Å². The van der Waals surface area contributed by atoms with Gasteiger partial charge in [-0.3, -0.25) is 0 Å². The second kappa shape index (κ2) is 8.81. The molecule has 0 rings (SSSR count). The molecule has 0 aliphatic rings. The summed E-state index contributed by atoms with van der Waals surface area (Å²) in [7, 11) is 0. The second-order valence-corrected chi connectivity index (χ2v) is 1.23. The summed E-state index contributed by atoms with van der Waals surface area (Å²) >= 11 is 0. The van der Waals surface area contributed by atoms with Gasteiger partial charge in [0.05, 0.1) is 5.97 Å². The largest absolute Gasteiger partial charge is 1.00 e. The number of aliphatic carboxylic acids is 1. The van der Waals surface area contributed by atoms with E-state index in [1.807, 2.05) is 0 Å². The number of carboxylic acids is 1. The van der Waals surface area contributed by atoms with Crippen LogP contribution in [0.2, 0.25) is 0 Å². The molecule has 0 spiro atoms. The normalized spacial score (nSPS) is 9.00. The number of aliphatic hydroxyl groups excluding tert-OH is 1. The molecule has 0 bridgehead atoms. The van der Waals surface area contributed by atoms with Crippen LogP contribution in [0.3, 0.4) is 0 Å². The molecule has 0 aliphatic heterocycles. The Bertz CT molecular complexity index is 100. The van der Waals surface area contributed by atoms with Gasteiger partial charge in [0.15, 0.2) is 0 Å². The van der Waals surface area contributed by atoms with Crippen LogP contribution in [0.15, 0.2) is 12.2 Å². The van der Waals surface area contributed by atoms with E-state index in [2.05, 4.69) is 0 Å². The van der Waals surface area contributed by atoms with Gasteiger partial charge < -0.3 is 15.0 Å². The molecule has 0 aromatic carbocycles. The maximum absolute atomic E-state index is 9.59. The molecule has 0 aromatic heterocycles. The molecule has 9 heavy (non-hydrogen) atoms. The molecule has 0 saturated heterocycles. The molecule has 0 aromatic rings. The fourth-order valence-corrected chi connectivity index (χ4v) is 0.254. The maximum atomic E-state index is 9.59. The van der Waals surface area contributed by atoms with Crippen LogP contribution in [-0.2, 0) is 4.79 Å². The van der Waals surface area contributed by atoms with E-state index in [1.165, 1.54) is 6.08 Å². The summed E-state index contributed by atoms with van der Waals surface area (Å²) in [6.45, 7) is -0.0240. The van der Waals surface area contributed by atoms with Crippen LogP contribution in [0.25, 0.3) is 0 Å². The van der Waals surface area contributed by atoms with E-state index >= 15 is 0 Å². The molecule has 0 radical (unpaired) electrons. The molecule has 0 saturated carbocycles. The first kappa shape index (κ1) is 12.5. The molecule has 0 heterocycles. The van der Waals surface area contributed by atoms with Crippen molar-refractivity contribution >= 4 is 5.97 Å². The number of hydrogen-bond acceptors (Lipinski definition) is 3. The van der Waals surface area contributed by atoms with E-state index in [0.29, 0.717) is 6.42 Å². The van der Waals surface area contributed by atoms with E-state index < -0.39 is 5.97 Å². The van der Waals surface area contributed by atoms with Crippen molar-refractivity contribution in [1.29, 1.82) is 0 Å². The SMILES string of the molecule is O=C([O-])/C=C\CCO.[K+]. The van der Waals surface area contributed by atoms with Gasteiger partial charge in [-0.25, -0.2) is 0 Å². The molecule has 0 unspecified atom stereocenters. The predicted octanol–water partition coefficient (Wildman–Crippen LogP) is -4.32. The monoisotopic (exact) mass is 154 g/mol. The quantitative estimate of drug-likeness (QED) is 0.330. The van der Waals surface area contributed by atoms with E-state index in [-0.39, 0.29) is 58.0 Å². The van der Waals surface area contributed by atoms with Crippen LogP contribution in [0, 0.1) is 0 Å². The third-order valence-corrected chi connectivity index (χ3v) is 0.550. The fraction of sp³-hybridized carbons (Fsp3) is 0.400. The Morgan fingerprint density at radius 3 is 2.56 bits per heavy atom. The van der Waals surface area contributed by atoms with E-state index in [0.717, 1.165) is 6.08 Å². The van der Waals surface area contributed by atoms with Crippen molar-refractivity contribution in [1.82, 2.24) is 0 Å². The summed E-state index contributed by atoms with van der Waals surface area (Å²) in [6.07, 6.45) is 2.61. The molecule has 0 atom stereocenters. The van der Waals surface area contributed by atoms with Gasteiger partial charge in [0, 0.05) is 6.61 Å². The summed E-state index contributed by atoms with van der Waals surface area (Å²) in [5.74, 6) is -1.22.